The Labute approximate surface area is 112 Å². The van der Waals surface area contributed by atoms with Crippen molar-refractivity contribution >= 4 is 15.9 Å². The molecule has 0 radical (unpaired) electrons. The first-order chi connectivity index (χ1) is 8.17. The van der Waals surface area contributed by atoms with Crippen LogP contribution >= 0.6 is 15.9 Å². The van der Waals surface area contributed by atoms with Crippen molar-refractivity contribution in [1.82, 2.24) is 5.32 Å². The second-order valence-corrected chi connectivity index (χ2v) is 4.81. The Bertz CT molecular complexity index is 344. The Hall–Kier alpha value is -0.580. The van der Waals surface area contributed by atoms with Crippen molar-refractivity contribution in [1.29, 1.82) is 0 Å². The summed E-state index contributed by atoms with van der Waals surface area (Å²) < 4.78 is 11.7. The van der Waals surface area contributed by atoms with Crippen molar-refractivity contribution in [2.24, 2.45) is 0 Å². The normalized spacial score (nSPS) is 12.5. The van der Waals surface area contributed by atoms with Gasteiger partial charge < -0.3 is 14.8 Å². The summed E-state index contributed by atoms with van der Waals surface area (Å²) in [6.45, 7) is 6.38. The van der Waals surface area contributed by atoms with Gasteiger partial charge in [0.15, 0.2) is 0 Å². The molecule has 1 atom stereocenters. The molecule has 0 aliphatic rings. The summed E-state index contributed by atoms with van der Waals surface area (Å²) >= 11 is 3.47. The molecule has 0 fully saturated rings. The van der Waals surface area contributed by atoms with Crippen LogP contribution in [0.2, 0.25) is 0 Å². The third-order valence-electron chi connectivity index (χ3n) is 2.46. The van der Waals surface area contributed by atoms with Gasteiger partial charge in [-0.1, -0.05) is 15.9 Å². The maximum atomic E-state index is 5.36. The van der Waals surface area contributed by atoms with Gasteiger partial charge in [0.25, 0.3) is 0 Å². The van der Waals surface area contributed by atoms with Crippen molar-refractivity contribution in [2.45, 2.75) is 26.4 Å². The zero-order valence-electron chi connectivity index (χ0n) is 10.6. The van der Waals surface area contributed by atoms with Crippen molar-refractivity contribution in [3.05, 3.63) is 28.2 Å². The SMILES string of the molecule is CCOCC(C)NCc1cc(Br)ccc1OC. The molecule has 0 spiro atoms. The molecular weight excluding hydrogens is 282 g/mol. The third kappa shape index (κ3) is 5.06. The molecular formula is C13H20BrNO2. The van der Waals surface area contributed by atoms with Crippen molar-refractivity contribution in [2.75, 3.05) is 20.3 Å². The monoisotopic (exact) mass is 301 g/mol. The van der Waals surface area contributed by atoms with E-state index in [-0.39, 0.29) is 0 Å². The van der Waals surface area contributed by atoms with E-state index in [1.54, 1.807) is 7.11 Å². The fourth-order valence-corrected chi connectivity index (χ4v) is 1.93. The number of benzene rings is 1. The van der Waals surface area contributed by atoms with E-state index < -0.39 is 0 Å². The van der Waals surface area contributed by atoms with Gasteiger partial charge in [0, 0.05) is 29.2 Å². The summed E-state index contributed by atoms with van der Waals surface area (Å²) in [5, 5.41) is 3.41. The molecule has 1 unspecified atom stereocenters. The molecule has 1 aromatic carbocycles. The molecule has 0 aromatic heterocycles. The molecule has 0 saturated carbocycles. The standard InChI is InChI=1S/C13H20BrNO2/c1-4-17-9-10(2)15-8-11-7-12(14)5-6-13(11)16-3/h5-7,10,15H,4,8-9H2,1-3H3. The van der Waals surface area contributed by atoms with Crippen LogP contribution < -0.4 is 10.1 Å². The van der Waals surface area contributed by atoms with E-state index in [0.29, 0.717) is 6.04 Å². The van der Waals surface area contributed by atoms with E-state index in [2.05, 4.69) is 34.2 Å². The first-order valence-corrected chi connectivity index (χ1v) is 6.60. The van der Waals surface area contributed by atoms with Crippen molar-refractivity contribution < 1.29 is 9.47 Å². The fourth-order valence-electron chi connectivity index (χ4n) is 1.52. The number of hydrogen-bond donors (Lipinski definition) is 1. The maximum Gasteiger partial charge on any atom is 0.123 e. The van der Waals surface area contributed by atoms with Crippen LogP contribution in [0.1, 0.15) is 19.4 Å². The number of nitrogens with one attached hydrogen (secondary N) is 1. The van der Waals surface area contributed by atoms with Gasteiger partial charge >= 0.3 is 0 Å². The molecule has 4 heteroatoms. The minimum Gasteiger partial charge on any atom is -0.496 e. The average molecular weight is 302 g/mol. The van der Waals surface area contributed by atoms with Crippen molar-refractivity contribution in [3.8, 4) is 5.75 Å². The van der Waals surface area contributed by atoms with Gasteiger partial charge in [0.05, 0.1) is 13.7 Å². The summed E-state index contributed by atoms with van der Waals surface area (Å²) in [5.41, 5.74) is 1.14. The van der Waals surface area contributed by atoms with Crippen LogP contribution in [-0.4, -0.2) is 26.4 Å². The predicted octanol–water partition coefficient (Wildman–Crippen LogP) is 2.97. The highest BCUT2D eigenvalue weighted by atomic mass is 79.9. The third-order valence-corrected chi connectivity index (χ3v) is 2.95. The molecule has 1 N–H and O–H groups in total. The molecule has 0 aliphatic carbocycles. The summed E-state index contributed by atoms with van der Waals surface area (Å²) in [5.74, 6) is 0.907. The molecule has 0 aliphatic heterocycles. The Kier molecular flexibility index (Phi) is 6.55. The lowest BCUT2D eigenvalue weighted by molar-refractivity contribution is 0.127. The van der Waals surface area contributed by atoms with Gasteiger partial charge in [-0.15, -0.1) is 0 Å². The predicted molar refractivity (Wildman–Crippen MR) is 73.5 cm³/mol. The van der Waals surface area contributed by atoms with Crippen LogP contribution in [-0.2, 0) is 11.3 Å². The minimum absolute atomic E-state index is 0.332. The number of rotatable bonds is 7. The van der Waals surface area contributed by atoms with E-state index in [1.807, 2.05) is 19.1 Å². The lowest BCUT2D eigenvalue weighted by atomic mass is 10.2. The van der Waals surface area contributed by atoms with Crippen molar-refractivity contribution in [3.63, 3.8) is 0 Å². The molecule has 1 rings (SSSR count). The molecule has 3 nitrogen and oxygen atoms in total. The highest BCUT2D eigenvalue weighted by Crippen LogP contribution is 2.22. The Morgan fingerprint density at radius 2 is 2.18 bits per heavy atom. The maximum absolute atomic E-state index is 5.36. The fraction of sp³-hybridized carbons (Fsp3) is 0.538. The van der Waals surface area contributed by atoms with E-state index in [1.165, 1.54) is 0 Å². The van der Waals surface area contributed by atoms with Gasteiger partial charge in [0.2, 0.25) is 0 Å². The van der Waals surface area contributed by atoms with Crippen LogP contribution in [0.5, 0.6) is 5.75 Å². The lowest BCUT2D eigenvalue weighted by Gasteiger charge is -2.15. The molecule has 0 saturated heterocycles. The first kappa shape index (κ1) is 14.5. The highest BCUT2D eigenvalue weighted by molar-refractivity contribution is 9.10. The lowest BCUT2D eigenvalue weighted by Crippen LogP contribution is -2.30. The summed E-state index contributed by atoms with van der Waals surface area (Å²) in [7, 11) is 1.69. The first-order valence-electron chi connectivity index (χ1n) is 5.81. The number of halogens is 1. The smallest absolute Gasteiger partial charge is 0.123 e. The molecule has 0 heterocycles. The summed E-state index contributed by atoms with van der Waals surface area (Å²) in [6.07, 6.45) is 0. The second-order valence-electron chi connectivity index (χ2n) is 3.90. The van der Waals surface area contributed by atoms with Gasteiger partial charge in [0.1, 0.15) is 5.75 Å². The minimum atomic E-state index is 0.332. The molecule has 1 aromatic rings. The largest absolute Gasteiger partial charge is 0.496 e. The van der Waals surface area contributed by atoms with Gasteiger partial charge in [-0.3, -0.25) is 0 Å². The zero-order chi connectivity index (χ0) is 12.7. The summed E-state index contributed by atoms with van der Waals surface area (Å²) in [4.78, 5) is 0. The van der Waals surface area contributed by atoms with Gasteiger partial charge in [-0.05, 0) is 32.0 Å². The topological polar surface area (TPSA) is 30.5 Å². The van der Waals surface area contributed by atoms with Crippen LogP contribution in [0.15, 0.2) is 22.7 Å². The van der Waals surface area contributed by atoms with E-state index >= 15 is 0 Å². The van der Waals surface area contributed by atoms with E-state index in [0.717, 1.165) is 35.5 Å². The molecule has 0 amide bonds. The molecule has 17 heavy (non-hydrogen) atoms. The van der Waals surface area contributed by atoms with Crippen LogP contribution in [0, 0.1) is 0 Å². The van der Waals surface area contributed by atoms with Crippen LogP contribution in [0.4, 0.5) is 0 Å². The number of ether oxygens (including phenoxy) is 2. The highest BCUT2D eigenvalue weighted by Gasteiger charge is 2.06. The Morgan fingerprint density at radius 3 is 2.82 bits per heavy atom. The van der Waals surface area contributed by atoms with E-state index in [9.17, 15) is 0 Å². The van der Waals surface area contributed by atoms with Crippen LogP contribution in [0.25, 0.3) is 0 Å². The molecule has 0 bridgehead atoms. The quantitative estimate of drug-likeness (QED) is 0.840. The van der Waals surface area contributed by atoms with Gasteiger partial charge in [-0.25, -0.2) is 0 Å². The Balaban J connectivity index is 2.52. The average Bonchev–Trinajstić information content (AvgIpc) is 2.34. The zero-order valence-corrected chi connectivity index (χ0v) is 12.2. The number of hydrogen-bond acceptors (Lipinski definition) is 3. The summed E-state index contributed by atoms with van der Waals surface area (Å²) in [6, 6.07) is 6.35. The van der Waals surface area contributed by atoms with Crippen LogP contribution in [0.3, 0.4) is 0 Å². The number of methoxy groups -OCH3 is 1. The second kappa shape index (κ2) is 7.69. The Morgan fingerprint density at radius 1 is 1.41 bits per heavy atom. The molecule has 96 valence electrons. The van der Waals surface area contributed by atoms with E-state index in [4.69, 9.17) is 9.47 Å². The van der Waals surface area contributed by atoms with Gasteiger partial charge in [-0.2, -0.15) is 0 Å².